The molecule has 1 unspecified atom stereocenters. The molecule has 0 aromatic heterocycles. The predicted octanol–water partition coefficient (Wildman–Crippen LogP) is 3.65. The first kappa shape index (κ1) is 18.6. The van der Waals surface area contributed by atoms with Crippen molar-refractivity contribution in [2.45, 2.75) is 31.5 Å². The Morgan fingerprint density at radius 3 is 2.66 bits per heavy atom. The molecule has 2 aliphatic heterocycles. The van der Waals surface area contributed by atoms with Gasteiger partial charge < -0.3 is 9.47 Å². The normalized spacial score (nSPS) is 30.9. The Bertz CT molecular complexity index is 907. The summed E-state index contributed by atoms with van der Waals surface area (Å²) in [7, 11) is 1.70. The van der Waals surface area contributed by atoms with Crippen molar-refractivity contribution in [3.05, 3.63) is 77.9 Å². The molecule has 29 heavy (non-hydrogen) atoms. The Morgan fingerprint density at radius 2 is 1.90 bits per heavy atom. The molecule has 2 saturated heterocycles. The van der Waals surface area contributed by atoms with E-state index < -0.39 is 0 Å². The third kappa shape index (κ3) is 3.30. The Labute approximate surface area is 172 Å². The van der Waals surface area contributed by atoms with Crippen LogP contribution in [0.1, 0.15) is 17.5 Å². The third-order valence-electron chi connectivity index (χ3n) is 6.98. The van der Waals surface area contributed by atoms with E-state index in [1.165, 1.54) is 11.1 Å². The molecular formula is C25H27NO3. The van der Waals surface area contributed by atoms with Crippen LogP contribution in [0.2, 0.25) is 0 Å². The van der Waals surface area contributed by atoms with Crippen molar-refractivity contribution < 1.29 is 14.3 Å². The fraction of sp³-hybridized carbons (Fsp3) is 0.400. The number of hydrogen-bond acceptors (Lipinski definition) is 4. The molecule has 0 radical (unpaired) electrons. The Morgan fingerprint density at radius 1 is 1.10 bits per heavy atom. The number of allylic oxidation sites excluding steroid dienone is 1. The zero-order chi connectivity index (χ0) is 19.8. The zero-order valence-corrected chi connectivity index (χ0v) is 16.8. The van der Waals surface area contributed by atoms with E-state index in [4.69, 9.17) is 9.47 Å². The molecule has 0 N–H and O–H groups in total. The van der Waals surface area contributed by atoms with Gasteiger partial charge in [0.15, 0.2) is 5.78 Å². The number of nitrogens with zero attached hydrogens (tertiary/aromatic N) is 1. The van der Waals surface area contributed by atoms with Gasteiger partial charge in [-0.2, -0.15) is 0 Å². The lowest BCUT2D eigenvalue weighted by atomic mass is 9.69. The van der Waals surface area contributed by atoms with Crippen LogP contribution < -0.4 is 4.74 Å². The molecule has 150 valence electrons. The molecule has 1 aliphatic carbocycles. The van der Waals surface area contributed by atoms with Crippen molar-refractivity contribution in [3.8, 4) is 5.75 Å². The molecule has 0 amide bonds. The molecular weight excluding hydrogens is 362 g/mol. The van der Waals surface area contributed by atoms with Gasteiger partial charge >= 0.3 is 0 Å². The summed E-state index contributed by atoms with van der Waals surface area (Å²) in [5, 5.41) is 0. The van der Waals surface area contributed by atoms with E-state index in [1.54, 1.807) is 13.2 Å². The second-order valence-corrected chi connectivity index (χ2v) is 8.55. The van der Waals surface area contributed by atoms with Crippen LogP contribution in [0, 0.1) is 11.3 Å². The first-order chi connectivity index (χ1) is 14.2. The summed E-state index contributed by atoms with van der Waals surface area (Å²) >= 11 is 0. The number of hydrogen-bond donors (Lipinski definition) is 0. The topological polar surface area (TPSA) is 38.8 Å². The maximum Gasteiger partial charge on any atom is 0.158 e. The van der Waals surface area contributed by atoms with Crippen molar-refractivity contribution in [1.29, 1.82) is 0 Å². The lowest BCUT2D eigenvalue weighted by Crippen LogP contribution is -2.39. The van der Waals surface area contributed by atoms with E-state index >= 15 is 0 Å². The van der Waals surface area contributed by atoms with Crippen molar-refractivity contribution in [2.24, 2.45) is 11.3 Å². The number of carbonyl (C=O) groups excluding carboxylic acids is 1. The average molecular weight is 389 g/mol. The van der Waals surface area contributed by atoms with Gasteiger partial charge in [0.25, 0.3) is 0 Å². The van der Waals surface area contributed by atoms with Crippen molar-refractivity contribution in [3.63, 3.8) is 0 Å². The lowest BCUT2D eigenvalue weighted by Gasteiger charge is -2.33. The fourth-order valence-electron chi connectivity index (χ4n) is 5.48. The molecule has 4 nitrogen and oxygen atoms in total. The molecule has 1 spiro atoms. The van der Waals surface area contributed by atoms with Gasteiger partial charge in [-0.15, -0.1) is 0 Å². The summed E-state index contributed by atoms with van der Waals surface area (Å²) in [6.07, 6.45) is 5.51. The Kier molecular flexibility index (Phi) is 4.76. The number of ketones is 1. The number of rotatable bonds is 5. The summed E-state index contributed by atoms with van der Waals surface area (Å²) < 4.78 is 11.5. The molecule has 0 saturated carbocycles. The Balaban J connectivity index is 1.46. The van der Waals surface area contributed by atoms with E-state index in [0.717, 1.165) is 31.9 Å². The second-order valence-electron chi connectivity index (χ2n) is 8.55. The summed E-state index contributed by atoms with van der Waals surface area (Å²) in [5.74, 6) is 1.48. The smallest absolute Gasteiger partial charge is 0.158 e. The van der Waals surface area contributed by atoms with Gasteiger partial charge in [0.1, 0.15) is 5.75 Å². The molecule has 5 rings (SSSR count). The van der Waals surface area contributed by atoms with Gasteiger partial charge in [0.2, 0.25) is 0 Å². The molecule has 4 heteroatoms. The summed E-state index contributed by atoms with van der Waals surface area (Å²) in [4.78, 5) is 14.6. The average Bonchev–Trinajstić information content (AvgIpc) is 3.24. The monoisotopic (exact) mass is 389 g/mol. The molecule has 2 heterocycles. The van der Waals surface area contributed by atoms with E-state index in [-0.39, 0.29) is 17.3 Å². The highest BCUT2D eigenvalue weighted by molar-refractivity contribution is 5.91. The van der Waals surface area contributed by atoms with Gasteiger partial charge in [0.05, 0.1) is 19.8 Å². The minimum absolute atomic E-state index is 0.0177. The maximum absolute atomic E-state index is 12.0. The quantitative estimate of drug-likeness (QED) is 0.782. The van der Waals surface area contributed by atoms with Crippen LogP contribution in [0.3, 0.4) is 0 Å². The van der Waals surface area contributed by atoms with E-state index in [1.807, 2.05) is 12.1 Å². The summed E-state index contributed by atoms with van der Waals surface area (Å²) in [5.41, 5.74) is 2.60. The highest BCUT2D eigenvalue weighted by Gasteiger charge is 2.60. The van der Waals surface area contributed by atoms with Gasteiger partial charge in [-0.25, -0.2) is 0 Å². The first-order valence-electron chi connectivity index (χ1n) is 10.4. The van der Waals surface area contributed by atoms with Crippen LogP contribution in [0.15, 0.2) is 66.7 Å². The highest BCUT2D eigenvalue weighted by Crippen LogP contribution is 2.53. The van der Waals surface area contributed by atoms with Gasteiger partial charge in [-0.1, -0.05) is 48.5 Å². The van der Waals surface area contributed by atoms with Crippen LogP contribution in [0.5, 0.6) is 5.75 Å². The van der Waals surface area contributed by atoms with Crippen LogP contribution in [-0.2, 0) is 22.5 Å². The second kappa shape index (κ2) is 7.43. The van der Waals surface area contributed by atoms with Gasteiger partial charge in [-0.3, -0.25) is 9.69 Å². The van der Waals surface area contributed by atoms with E-state index in [2.05, 4.69) is 53.4 Å². The molecule has 0 bridgehead atoms. The predicted molar refractivity (Wildman–Crippen MR) is 112 cm³/mol. The van der Waals surface area contributed by atoms with Gasteiger partial charge in [-0.05, 0) is 35.8 Å². The van der Waals surface area contributed by atoms with Crippen molar-refractivity contribution in [1.82, 2.24) is 4.90 Å². The molecule has 2 fully saturated rings. The number of likely N-dealkylation sites (tertiary alicyclic amines) is 1. The lowest BCUT2D eigenvalue weighted by molar-refractivity contribution is -0.118. The first-order valence-corrected chi connectivity index (χ1v) is 10.4. The zero-order valence-electron chi connectivity index (χ0n) is 16.8. The number of carbonyl (C=O) groups is 1. The number of benzene rings is 2. The van der Waals surface area contributed by atoms with Crippen LogP contribution >= 0.6 is 0 Å². The maximum atomic E-state index is 12.0. The largest absolute Gasteiger partial charge is 0.497 e. The van der Waals surface area contributed by atoms with Crippen LogP contribution in [0.25, 0.3) is 0 Å². The minimum Gasteiger partial charge on any atom is -0.497 e. The molecule has 3 aliphatic rings. The van der Waals surface area contributed by atoms with Crippen LogP contribution in [-0.4, -0.2) is 43.1 Å². The van der Waals surface area contributed by atoms with E-state index in [9.17, 15) is 4.79 Å². The molecule has 2 aromatic rings. The Hall–Kier alpha value is -2.43. The van der Waals surface area contributed by atoms with Crippen molar-refractivity contribution in [2.75, 3.05) is 20.3 Å². The van der Waals surface area contributed by atoms with Crippen LogP contribution in [0.4, 0.5) is 0 Å². The van der Waals surface area contributed by atoms with Gasteiger partial charge in [0, 0.05) is 36.9 Å². The number of ether oxygens (including phenoxy) is 2. The fourth-order valence-corrected chi connectivity index (χ4v) is 5.48. The van der Waals surface area contributed by atoms with E-state index in [0.29, 0.717) is 18.4 Å². The SMILES string of the molecule is COc1ccc(CN2C[C@@]34C=CC(=O)CC3OC[C@H]4[C@@H]2Cc2ccccc2)cc1. The standard InChI is InChI=1S/C25H27NO3/c1-28-21-9-7-19(8-10-21)15-26-17-25-12-11-20(27)14-24(25)29-16-22(25)23(26)13-18-5-3-2-4-6-18/h2-12,22-24H,13-17H2,1H3/t22-,23-,24?,25+/m0/s1. The third-order valence-corrected chi connectivity index (χ3v) is 6.98. The summed E-state index contributed by atoms with van der Waals surface area (Å²) in [6, 6.07) is 19.5. The number of methoxy groups -OCH3 is 1. The van der Waals surface area contributed by atoms with Crippen molar-refractivity contribution >= 4 is 5.78 Å². The summed E-state index contributed by atoms with van der Waals surface area (Å²) in [6.45, 7) is 2.57. The molecule has 4 atom stereocenters. The highest BCUT2D eigenvalue weighted by atomic mass is 16.5. The molecule has 2 aromatic carbocycles. The minimum atomic E-state index is -0.0418.